The van der Waals surface area contributed by atoms with Crippen LogP contribution in [0.1, 0.15) is 56.6 Å². The summed E-state index contributed by atoms with van der Waals surface area (Å²) in [5, 5.41) is 2.94. The molecular weight excluding hydrogens is 278 g/mol. The van der Waals surface area contributed by atoms with Crippen molar-refractivity contribution in [2.75, 3.05) is 0 Å². The van der Waals surface area contributed by atoms with Crippen LogP contribution in [0.2, 0.25) is 0 Å². The Balaban J connectivity index is 1.69. The summed E-state index contributed by atoms with van der Waals surface area (Å²) in [5.74, 6) is -0.467. The predicted octanol–water partition coefficient (Wildman–Crippen LogP) is 3.13. The molecule has 1 atom stereocenters. The van der Waals surface area contributed by atoms with Gasteiger partial charge in [-0.3, -0.25) is 9.59 Å². The normalized spacial score (nSPS) is 20.2. The number of esters is 1. The zero-order chi connectivity index (χ0) is 15.4. The second-order valence-electron chi connectivity index (χ2n) is 6.35. The van der Waals surface area contributed by atoms with Gasteiger partial charge >= 0.3 is 5.97 Å². The van der Waals surface area contributed by atoms with Crippen molar-refractivity contribution in [3.05, 3.63) is 35.9 Å². The Morgan fingerprint density at radius 1 is 1.00 bits per heavy atom. The molecule has 3 rings (SSSR count). The molecule has 4 heteroatoms. The molecule has 118 valence electrons. The first-order chi connectivity index (χ1) is 10.7. The first-order valence-electron chi connectivity index (χ1n) is 8.30. The minimum absolute atomic E-state index is 0.0475. The zero-order valence-electron chi connectivity index (χ0n) is 12.8. The second-order valence-corrected chi connectivity index (χ2v) is 6.35. The largest absolute Gasteiger partial charge is 0.447 e. The van der Waals surface area contributed by atoms with Gasteiger partial charge in [0, 0.05) is 11.6 Å². The molecule has 0 aromatic heterocycles. The Labute approximate surface area is 131 Å². The van der Waals surface area contributed by atoms with Crippen molar-refractivity contribution >= 4 is 11.9 Å². The molecule has 0 unspecified atom stereocenters. The topological polar surface area (TPSA) is 55.4 Å². The van der Waals surface area contributed by atoms with Crippen molar-refractivity contribution in [1.82, 2.24) is 5.32 Å². The Morgan fingerprint density at radius 3 is 2.32 bits per heavy atom. The maximum atomic E-state index is 12.4. The number of rotatable bonds is 5. The summed E-state index contributed by atoms with van der Waals surface area (Å²) in [6, 6.07) is 9.55. The lowest BCUT2D eigenvalue weighted by Crippen LogP contribution is -2.35. The predicted molar refractivity (Wildman–Crippen MR) is 83.0 cm³/mol. The lowest BCUT2D eigenvalue weighted by molar-refractivity contribution is -0.161. The van der Waals surface area contributed by atoms with Gasteiger partial charge in [-0.2, -0.15) is 0 Å². The van der Waals surface area contributed by atoms with Crippen molar-refractivity contribution in [2.45, 2.75) is 57.1 Å². The summed E-state index contributed by atoms with van der Waals surface area (Å²) in [6.07, 6.45) is 6.31. The Bertz CT molecular complexity index is 518. The van der Waals surface area contributed by atoms with E-state index in [2.05, 4.69) is 5.32 Å². The number of hydrogen-bond acceptors (Lipinski definition) is 3. The van der Waals surface area contributed by atoms with Gasteiger partial charge in [-0.25, -0.2) is 0 Å². The van der Waals surface area contributed by atoms with Gasteiger partial charge in [0.1, 0.15) is 0 Å². The van der Waals surface area contributed by atoms with Crippen LogP contribution in [0.4, 0.5) is 0 Å². The summed E-state index contributed by atoms with van der Waals surface area (Å²) in [7, 11) is 0. The van der Waals surface area contributed by atoms with Gasteiger partial charge in [-0.1, -0.05) is 49.6 Å². The van der Waals surface area contributed by atoms with Crippen LogP contribution in [-0.4, -0.2) is 17.9 Å². The highest BCUT2D eigenvalue weighted by molar-refractivity contribution is 5.85. The molecule has 1 N–H and O–H groups in total. The number of nitrogens with one attached hydrogen (secondary N) is 1. The lowest BCUT2D eigenvalue weighted by atomic mass is 9.89. The average molecular weight is 301 g/mol. The number of amides is 1. The first kappa shape index (κ1) is 15.1. The maximum absolute atomic E-state index is 12.4. The Kier molecular flexibility index (Phi) is 4.76. The molecule has 1 amide bonds. The van der Waals surface area contributed by atoms with Gasteiger partial charge < -0.3 is 10.1 Å². The van der Waals surface area contributed by atoms with Crippen LogP contribution >= 0.6 is 0 Å². The van der Waals surface area contributed by atoms with Crippen molar-refractivity contribution in [3.8, 4) is 0 Å². The van der Waals surface area contributed by atoms with Crippen molar-refractivity contribution in [2.24, 2.45) is 5.92 Å². The summed E-state index contributed by atoms with van der Waals surface area (Å²) in [4.78, 5) is 24.8. The minimum Gasteiger partial charge on any atom is -0.447 e. The average Bonchev–Trinajstić information content (AvgIpc) is 3.38. The summed E-state index contributed by atoms with van der Waals surface area (Å²) in [5.41, 5.74) is 0.741. The molecule has 0 spiro atoms. The monoisotopic (exact) mass is 301 g/mol. The fourth-order valence-electron chi connectivity index (χ4n) is 2.96. The van der Waals surface area contributed by atoms with E-state index < -0.39 is 6.10 Å². The van der Waals surface area contributed by atoms with E-state index in [1.54, 1.807) is 0 Å². The van der Waals surface area contributed by atoms with E-state index in [0.29, 0.717) is 0 Å². The van der Waals surface area contributed by atoms with E-state index in [0.717, 1.165) is 44.1 Å². The third kappa shape index (κ3) is 3.87. The fourth-order valence-corrected chi connectivity index (χ4v) is 2.96. The van der Waals surface area contributed by atoms with E-state index in [-0.39, 0.29) is 23.8 Å². The van der Waals surface area contributed by atoms with E-state index >= 15 is 0 Å². The SMILES string of the molecule is O=C(O[C@H](C(=O)NC1CC1)c1ccccc1)C1CCCCC1. The van der Waals surface area contributed by atoms with Gasteiger partial charge in [-0.05, 0) is 25.7 Å². The van der Waals surface area contributed by atoms with Crippen LogP contribution in [0.3, 0.4) is 0 Å². The third-order valence-corrected chi connectivity index (χ3v) is 4.44. The molecule has 2 saturated carbocycles. The molecule has 0 saturated heterocycles. The molecular formula is C18H23NO3. The van der Waals surface area contributed by atoms with Gasteiger partial charge in [-0.15, -0.1) is 0 Å². The van der Waals surface area contributed by atoms with Crippen LogP contribution in [0.25, 0.3) is 0 Å². The molecule has 0 aliphatic heterocycles. The number of hydrogen-bond donors (Lipinski definition) is 1. The Morgan fingerprint density at radius 2 is 1.68 bits per heavy atom. The van der Waals surface area contributed by atoms with E-state index in [4.69, 9.17) is 4.74 Å². The number of benzene rings is 1. The summed E-state index contributed by atoms with van der Waals surface area (Å²) >= 11 is 0. The van der Waals surface area contributed by atoms with Crippen LogP contribution in [0.5, 0.6) is 0 Å². The molecule has 4 nitrogen and oxygen atoms in total. The number of ether oxygens (including phenoxy) is 1. The highest BCUT2D eigenvalue weighted by atomic mass is 16.5. The van der Waals surface area contributed by atoms with Crippen molar-refractivity contribution in [3.63, 3.8) is 0 Å². The van der Waals surface area contributed by atoms with Crippen LogP contribution in [0, 0.1) is 5.92 Å². The van der Waals surface area contributed by atoms with Crippen LogP contribution < -0.4 is 5.32 Å². The second kappa shape index (κ2) is 6.95. The van der Waals surface area contributed by atoms with E-state index in [1.807, 2.05) is 30.3 Å². The molecule has 0 bridgehead atoms. The summed E-state index contributed by atoms with van der Waals surface area (Å²) in [6.45, 7) is 0. The van der Waals surface area contributed by atoms with Gasteiger partial charge in [0.25, 0.3) is 5.91 Å². The number of carbonyl (C=O) groups excluding carboxylic acids is 2. The molecule has 22 heavy (non-hydrogen) atoms. The summed E-state index contributed by atoms with van der Waals surface area (Å²) < 4.78 is 5.62. The first-order valence-corrected chi connectivity index (χ1v) is 8.30. The molecule has 0 radical (unpaired) electrons. The molecule has 2 aliphatic carbocycles. The van der Waals surface area contributed by atoms with E-state index in [1.165, 1.54) is 6.42 Å². The van der Waals surface area contributed by atoms with Crippen molar-refractivity contribution in [1.29, 1.82) is 0 Å². The van der Waals surface area contributed by atoms with Crippen molar-refractivity contribution < 1.29 is 14.3 Å². The molecule has 1 aromatic carbocycles. The molecule has 0 heterocycles. The van der Waals surface area contributed by atoms with Crippen LogP contribution in [0.15, 0.2) is 30.3 Å². The number of carbonyl (C=O) groups is 2. The molecule has 2 fully saturated rings. The third-order valence-electron chi connectivity index (χ3n) is 4.44. The highest BCUT2D eigenvalue weighted by Gasteiger charge is 2.32. The smallest absolute Gasteiger partial charge is 0.310 e. The molecule has 1 aromatic rings. The quantitative estimate of drug-likeness (QED) is 0.850. The van der Waals surface area contributed by atoms with Gasteiger partial charge in [0.05, 0.1) is 5.92 Å². The standard InChI is InChI=1S/C18H23NO3/c20-17(19-15-11-12-15)16(13-7-3-1-4-8-13)22-18(21)14-9-5-2-6-10-14/h1,3-4,7-8,14-16H,2,5-6,9-12H2,(H,19,20)/t16-/m0/s1. The molecule has 2 aliphatic rings. The minimum atomic E-state index is -0.823. The van der Waals surface area contributed by atoms with E-state index in [9.17, 15) is 9.59 Å². The zero-order valence-corrected chi connectivity index (χ0v) is 12.8. The fraction of sp³-hybridized carbons (Fsp3) is 0.556. The highest BCUT2D eigenvalue weighted by Crippen LogP contribution is 2.28. The lowest BCUT2D eigenvalue weighted by Gasteiger charge is -2.24. The maximum Gasteiger partial charge on any atom is 0.310 e. The van der Waals surface area contributed by atoms with Crippen LogP contribution in [-0.2, 0) is 14.3 Å². The Hall–Kier alpha value is -1.84. The van der Waals surface area contributed by atoms with Gasteiger partial charge in [0.15, 0.2) is 0 Å². The van der Waals surface area contributed by atoms with Gasteiger partial charge in [0.2, 0.25) is 6.10 Å².